The van der Waals surface area contributed by atoms with Gasteiger partial charge in [-0.1, -0.05) is 0 Å². The van der Waals surface area contributed by atoms with E-state index in [1.54, 1.807) is 0 Å². The number of amides is 1. The first-order valence-corrected chi connectivity index (χ1v) is 9.65. The number of hydrogen-bond donors (Lipinski definition) is 0. The average molecular weight is 359 g/mol. The number of carbonyl (C=O) groups excluding carboxylic acids is 1. The fourth-order valence-electron chi connectivity index (χ4n) is 4.60. The molecule has 0 N–H and O–H groups in total. The number of ether oxygens (including phenoxy) is 1. The third-order valence-electron chi connectivity index (χ3n) is 5.69. The van der Waals surface area contributed by atoms with E-state index in [0.29, 0.717) is 31.7 Å². The van der Waals surface area contributed by atoms with E-state index in [0.717, 1.165) is 30.4 Å². The molecule has 4 unspecified atom stereocenters. The summed E-state index contributed by atoms with van der Waals surface area (Å²) in [7, 11) is 0. The van der Waals surface area contributed by atoms with Gasteiger partial charge in [-0.25, -0.2) is 9.97 Å². The summed E-state index contributed by atoms with van der Waals surface area (Å²) in [4.78, 5) is 28.6. The molecule has 1 aromatic rings. The maximum atomic E-state index is 12.8. The molecule has 142 valence electrons. The van der Waals surface area contributed by atoms with Gasteiger partial charge in [-0.3, -0.25) is 9.69 Å². The molecule has 26 heavy (non-hydrogen) atoms. The van der Waals surface area contributed by atoms with Crippen LogP contribution in [-0.2, 0) is 9.53 Å². The monoisotopic (exact) mass is 359 g/mol. The zero-order valence-corrected chi connectivity index (χ0v) is 16.2. The fourth-order valence-corrected chi connectivity index (χ4v) is 4.60. The first kappa shape index (κ1) is 17.7. The lowest BCUT2D eigenvalue weighted by Crippen LogP contribution is -2.70. The first-order valence-electron chi connectivity index (χ1n) is 9.65. The summed E-state index contributed by atoms with van der Waals surface area (Å²) in [5, 5.41) is 0. The van der Waals surface area contributed by atoms with Gasteiger partial charge in [-0.15, -0.1) is 0 Å². The highest BCUT2D eigenvalue weighted by Gasteiger charge is 2.46. The number of fused-ring (bicyclic) bond motifs is 2. The number of piperidine rings is 1. The van der Waals surface area contributed by atoms with Crippen molar-refractivity contribution in [1.82, 2.24) is 19.8 Å². The number of rotatable bonds is 3. The summed E-state index contributed by atoms with van der Waals surface area (Å²) in [6.07, 6.45) is 1.41. The van der Waals surface area contributed by atoms with Gasteiger partial charge in [0.05, 0.1) is 18.8 Å². The number of carbonyl (C=O) groups is 1. The molecule has 2 bridgehead atoms. The molecular weight excluding hydrogens is 330 g/mol. The zero-order chi connectivity index (χ0) is 18.4. The topological polar surface area (TPSA) is 61.8 Å². The summed E-state index contributed by atoms with van der Waals surface area (Å²) in [6.45, 7) is 11.8. The van der Waals surface area contributed by atoms with Gasteiger partial charge in [-0.05, 0) is 40.2 Å². The Morgan fingerprint density at radius 3 is 2.23 bits per heavy atom. The molecule has 0 spiro atoms. The molecule has 5 rings (SSSR count). The van der Waals surface area contributed by atoms with Gasteiger partial charge in [0.1, 0.15) is 0 Å². The van der Waals surface area contributed by atoms with Gasteiger partial charge < -0.3 is 14.5 Å². The predicted molar refractivity (Wildman–Crippen MR) is 99.2 cm³/mol. The van der Waals surface area contributed by atoms with Gasteiger partial charge >= 0.3 is 0 Å². The van der Waals surface area contributed by atoms with Crippen LogP contribution in [0.15, 0.2) is 6.07 Å². The van der Waals surface area contributed by atoms with Crippen LogP contribution in [-0.4, -0.2) is 82.7 Å². The highest BCUT2D eigenvalue weighted by atomic mass is 16.5. The van der Waals surface area contributed by atoms with E-state index in [-0.39, 0.29) is 18.1 Å². The maximum absolute atomic E-state index is 12.8. The van der Waals surface area contributed by atoms with Crippen LogP contribution in [0.25, 0.3) is 0 Å². The van der Waals surface area contributed by atoms with E-state index in [9.17, 15) is 4.79 Å². The Morgan fingerprint density at radius 2 is 1.65 bits per heavy atom. The van der Waals surface area contributed by atoms with E-state index in [4.69, 9.17) is 4.74 Å². The molecule has 0 aromatic carbocycles. The molecular formula is C19H29N5O2. The Hall–Kier alpha value is -1.73. The fraction of sp³-hybridized carbons (Fsp3) is 0.737. The van der Waals surface area contributed by atoms with Crippen LogP contribution >= 0.6 is 0 Å². The van der Waals surface area contributed by atoms with Crippen molar-refractivity contribution in [2.75, 3.05) is 37.6 Å². The average Bonchev–Trinajstić information content (AvgIpc) is 2.57. The number of anilines is 1. The third kappa shape index (κ3) is 3.42. The van der Waals surface area contributed by atoms with Crippen molar-refractivity contribution < 1.29 is 9.53 Å². The third-order valence-corrected chi connectivity index (χ3v) is 5.69. The lowest BCUT2D eigenvalue weighted by Gasteiger charge is -2.56. The Morgan fingerprint density at radius 1 is 1.08 bits per heavy atom. The lowest BCUT2D eigenvalue weighted by atomic mass is 9.87. The molecule has 0 saturated carbocycles. The molecule has 1 aromatic heterocycles. The molecule has 4 atom stereocenters. The molecule has 7 nitrogen and oxygen atoms in total. The highest BCUT2D eigenvalue weighted by Crippen LogP contribution is 2.33. The molecule has 4 aliphatic heterocycles. The van der Waals surface area contributed by atoms with Crippen molar-refractivity contribution in [3.63, 3.8) is 0 Å². The van der Waals surface area contributed by atoms with E-state index in [2.05, 4.69) is 19.8 Å². The Labute approximate surface area is 155 Å². The van der Waals surface area contributed by atoms with E-state index < -0.39 is 0 Å². The van der Waals surface area contributed by atoms with Crippen LogP contribution in [0.2, 0.25) is 0 Å². The van der Waals surface area contributed by atoms with E-state index in [1.807, 2.05) is 38.7 Å². The molecule has 4 fully saturated rings. The second-order valence-electron chi connectivity index (χ2n) is 8.13. The van der Waals surface area contributed by atoms with Crippen LogP contribution in [0.3, 0.4) is 0 Å². The number of hydrogen-bond acceptors (Lipinski definition) is 6. The zero-order valence-electron chi connectivity index (χ0n) is 16.2. The molecule has 0 radical (unpaired) electrons. The van der Waals surface area contributed by atoms with Gasteiger partial charge in [0.15, 0.2) is 0 Å². The summed E-state index contributed by atoms with van der Waals surface area (Å²) in [5.41, 5.74) is 2.02. The first-order chi connectivity index (χ1) is 12.4. The Kier molecular flexibility index (Phi) is 4.61. The van der Waals surface area contributed by atoms with E-state index >= 15 is 0 Å². The van der Waals surface area contributed by atoms with Crippen molar-refractivity contribution >= 4 is 11.9 Å². The predicted octanol–water partition coefficient (Wildman–Crippen LogP) is 0.992. The van der Waals surface area contributed by atoms with Crippen molar-refractivity contribution in [2.45, 2.75) is 58.4 Å². The van der Waals surface area contributed by atoms with Crippen molar-refractivity contribution in [3.8, 4) is 0 Å². The smallest absolute Gasteiger partial charge is 0.236 e. The molecule has 0 aliphatic carbocycles. The van der Waals surface area contributed by atoms with E-state index in [1.165, 1.54) is 6.42 Å². The highest BCUT2D eigenvalue weighted by molar-refractivity contribution is 5.78. The minimum Gasteiger partial charge on any atom is -0.372 e. The van der Waals surface area contributed by atoms with Crippen molar-refractivity contribution in [1.29, 1.82) is 0 Å². The number of nitrogens with zero attached hydrogens (tertiary/aromatic N) is 5. The summed E-state index contributed by atoms with van der Waals surface area (Å²) < 4.78 is 5.74. The second kappa shape index (κ2) is 6.78. The number of aromatic nitrogens is 2. The van der Waals surface area contributed by atoms with Gasteiger partial charge in [0.25, 0.3) is 0 Å². The molecule has 5 heterocycles. The minimum atomic E-state index is 0.121. The van der Waals surface area contributed by atoms with Gasteiger partial charge in [0.2, 0.25) is 11.9 Å². The summed E-state index contributed by atoms with van der Waals surface area (Å²) in [6, 6.07) is 2.86. The molecule has 7 heteroatoms. The molecule has 1 amide bonds. The van der Waals surface area contributed by atoms with Crippen LogP contribution in [0.5, 0.6) is 0 Å². The van der Waals surface area contributed by atoms with Crippen LogP contribution in [0.1, 0.15) is 31.7 Å². The normalized spacial score (nSPS) is 31.7. The second-order valence-corrected chi connectivity index (χ2v) is 8.13. The molecule has 4 saturated heterocycles. The number of aryl methyl sites for hydroxylation is 2. The molecule has 4 aliphatic rings. The standard InChI is InChI=1S/C19H29N5O2/c1-12-5-13(2)21-19(20-12)23-9-16-6-17(10-23)24(16)11-18(25)22-7-14(3)26-15(4)8-22/h5,14-17H,6-11H2,1-4H3. The Bertz CT molecular complexity index is 654. The van der Waals surface area contributed by atoms with Gasteiger partial charge in [-0.2, -0.15) is 0 Å². The summed E-state index contributed by atoms with van der Waals surface area (Å²) in [5.74, 6) is 1.07. The summed E-state index contributed by atoms with van der Waals surface area (Å²) >= 11 is 0. The van der Waals surface area contributed by atoms with Gasteiger partial charge in [0, 0.05) is 49.7 Å². The Balaban J connectivity index is 1.36. The minimum absolute atomic E-state index is 0.121. The quantitative estimate of drug-likeness (QED) is 0.802. The van der Waals surface area contributed by atoms with Crippen LogP contribution in [0.4, 0.5) is 5.95 Å². The maximum Gasteiger partial charge on any atom is 0.236 e. The van der Waals surface area contributed by atoms with Crippen LogP contribution < -0.4 is 4.90 Å². The lowest BCUT2D eigenvalue weighted by molar-refractivity contribution is -0.148. The van der Waals surface area contributed by atoms with Crippen molar-refractivity contribution in [2.24, 2.45) is 0 Å². The number of piperazine rings is 1. The van der Waals surface area contributed by atoms with Crippen LogP contribution in [0, 0.1) is 13.8 Å². The SMILES string of the molecule is Cc1cc(C)nc(N2CC3CC(C2)N3CC(=O)N2CC(C)OC(C)C2)n1. The van der Waals surface area contributed by atoms with Crippen molar-refractivity contribution in [3.05, 3.63) is 17.5 Å². The largest absolute Gasteiger partial charge is 0.372 e. The number of morpholine rings is 1.